The predicted octanol–water partition coefficient (Wildman–Crippen LogP) is 2.33. The number of nitro groups is 1. The number of nitrogens with zero attached hydrogens (tertiary/aromatic N) is 2. The minimum Gasteiger partial charge on any atom is -0.258 e. The van der Waals surface area contributed by atoms with E-state index in [4.69, 9.17) is 0 Å². The van der Waals surface area contributed by atoms with Gasteiger partial charge in [-0.1, -0.05) is 23.3 Å². The number of nitro benzene ring substituents is 1. The predicted molar refractivity (Wildman–Crippen MR) is 74.8 cm³/mol. The lowest BCUT2D eigenvalue weighted by Gasteiger charge is -2.27. The summed E-state index contributed by atoms with van der Waals surface area (Å²) in [6, 6.07) is 5.46. The molecule has 0 aliphatic carbocycles. The summed E-state index contributed by atoms with van der Waals surface area (Å²) < 4.78 is 26.4. The molecule has 20 heavy (non-hydrogen) atoms. The zero-order valence-electron chi connectivity index (χ0n) is 11.4. The lowest BCUT2D eigenvalue weighted by molar-refractivity contribution is -0.387. The van der Waals surface area contributed by atoms with Crippen LogP contribution in [0.3, 0.4) is 0 Å². The normalized spacial score (nSPS) is 17.3. The van der Waals surface area contributed by atoms with Crippen LogP contribution >= 0.6 is 0 Å². The molecule has 0 amide bonds. The first kappa shape index (κ1) is 14.7. The Morgan fingerprint density at radius 2 is 1.85 bits per heavy atom. The molecule has 1 aliphatic rings. The van der Waals surface area contributed by atoms with E-state index < -0.39 is 14.9 Å². The second kappa shape index (κ2) is 5.34. The summed E-state index contributed by atoms with van der Waals surface area (Å²) in [5.41, 5.74) is 1.80. The van der Waals surface area contributed by atoms with Gasteiger partial charge in [0.25, 0.3) is 5.69 Å². The average molecular weight is 296 g/mol. The van der Waals surface area contributed by atoms with Crippen molar-refractivity contribution in [1.82, 2.24) is 4.31 Å². The topological polar surface area (TPSA) is 80.5 Å². The van der Waals surface area contributed by atoms with E-state index in [0.29, 0.717) is 19.5 Å². The van der Waals surface area contributed by atoms with Gasteiger partial charge in [-0.3, -0.25) is 10.1 Å². The van der Waals surface area contributed by atoms with Crippen molar-refractivity contribution in [1.29, 1.82) is 0 Å². The second-order valence-electron chi connectivity index (χ2n) is 4.87. The molecule has 0 aromatic heterocycles. The van der Waals surface area contributed by atoms with Crippen LogP contribution in [0, 0.1) is 10.1 Å². The Morgan fingerprint density at radius 3 is 2.45 bits per heavy atom. The Labute approximate surface area is 117 Å². The SMILES string of the molecule is CC1=C(C)CN(S(=O)(=O)c2ccccc2[N+](=O)[O-])CC1. The molecule has 0 radical (unpaired) electrons. The van der Waals surface area contributed by atoms with Gasteiger partial charge >= 0.3 is 0 Å². The molecular formula is C13H16N2O4S. The molecule has 6 nitrogen and oxygen atoms in total. The highest BCUT2D eigenvalue weighted by atomic mass is 32.2. The fourth-order valence-corrected chi connectivity index (χ4v) is 3.79. The molecule has 108 valence electrons. The quantitative estimate of drug-likeness (QED) is 0.487. The summed E-state index contributed by atoms with van der Waals surface area (Å²) in [5, 5.41) is 11.0. The average Bonchev–Trinajstić information content (AvgIpc) is 2.41. The fourth-order valence-electron chi connectivity index (χ4n) is 2.15. The summed E-state index contributed by atoms with van der Waals surface area (Å²) in [5.74, 6) is 0. The summed E-state index contributed by atoms with van der Waals surface area (Å²) >= 11 is 0. The fraction of sp³-hybridized carbons (Fsp3) is 0.385. The van der Waals surface area contributed by atoms with Crippen molar-refractivity contribution in [2.24, 2.45) is 0 Å². The van der Waals surface area contributed by atoms with E-state index in [1.165, 1.54) is 34.1 Å². The molecule has 0 unspecified atom stereocenters. The molecule has 1 aliphatic heterocycles. The molecule has 1 aromatic carbocycles. The molecule has 1 aromatic rings. The van der Waals surface area contributed by atoms with E-state index >= 15 is 0 Å². The van der Waals surface area contributed by atoms with Gasteiger partial charge in [-0.15, -0.1) is 0 Å². The third-order valence-electron chi connectivity index (χ3n) is 3.56. The van der Waals surface area contributed by atoms with Crippen molar-refractivity contribution in [2.75, 3.05) is 13.1 Å². The zero-order valence-corrected chi connectivity index (χ0v) is 12.2. The van der Waals surface area contributed by atoms with Gasteiger partial charge in [0.05, 0.1) is 4.92 Å². The van der Waals surface area contributed by atoms with Crippen molar-refractivity contribution in [3.63, 3.8) is 0 Å². The molecule has 2 rings (SSSR count). The third-order valence-corrected chi connectivity index (χ3v) is 5.45. The van der Waals surface area contributed by atoms with Gasteiger partial charge in [0, 0.05) is 19.2 Å². The molecule has 0 spiro atoms. The van der Waals surface area contributed by atoms with Crippen LogP contribution in [0.5, 0.6) is 0 Å². The molecule has 0 N–H and O–H groups in total. The van der Waals surface area contributed by atoms with Crippen LogP contribution in [0.15, 0.2) is 40.3 Å². The first-order chi connectivity index (χ1) is 9.34. The molecular weight excluding hydrogens is 280 g/mol. The van der Waals surface area contributed by atoms with Crippen molar-refractivity contribution < 1.29 is 13.3 Å². The first-order valence-electron chi connectivity index (χ1n) is 6.23. The molecule has 1 heterocycles. The molecule has 0 saturated heterocycles. The highest BCUT2D eigenvalue weighted by Crippen LogP contribution is 2.29. The molecule has 0 saturated carbocycles. The number of sulfonamides is 1. The minimum absolute atomic E-state index is 0.239. The highest BCUT2D eigenvalue weighted by Gasteiger charge is 2.32. The summed E-state index contributed by atoms with van der Waals surface area (Å²) in [6.07, 6.45) is 0.658. The van der Waals surface area contributed by atoms with Crippen molar-refractivity contribution in [3.8, 4) is 0 Å². The third kappa shape index (κ3) is 2.59. The Morgan fingerprint density at radius 1 is 1.20 bits per heavy atom. The van der Waals surface area contributed by atoms with Crippen molar-refractivity contribution in [3.05, 3.63) is 45.5 Å². The van der Waals surface area contributed by atoms with Crippen LogP contribution in [-0.2, 0) is 10.0 Å². The van der Waals surface area contributed by atoms with E-state index in [2.05, 4.69) is 0 Å². The van der Waals surface area contributed by atoms with Crippen LogP contribution < -0.4 is 0 Å². The van der Waals surface area contributed by atoms with Gasteiger partial charge in [0.2, 0.25) is 10.0 Å². The lowest BCUT2D eigenvalue weighted by atomic mass is 10.1. The smallest absolute Gasteiger partial charge is 0.258 e. The van der Waals surface area contributed by atoms with E-state index in [1.54, 1.807) is 0 Å². The van der Waals surface area contributed by atoms with Gasteiger partial charge in [-0.05, 0) is 26.3 Å². The zero-order chi connectivity index (χ0) is 14.9. The molecule has 7 heteroatoms. The number of hydrogen-bond acceptors (Lipinski definition) is 4. The Hall–Kier alpha value is -1.73. The molecule has 0 fully saturated rings. The lowest BCUT2D eigenvalue weighted by Crippen LogP contribution is -2.36. The van der Waals surface area contributed by atoms with Crippen LogP contribution in [0.25, 0.3) is 0 Å². The van der Waals surface area contributed by atoms with Crippen molar-refractivity contribution >= 4 is 15.7 Å². The van der Waals surface area contributed by atoms with Gasteiger partial charge in [0.15, 0.2) is 4.90 Å². The van der Waals surface area contributed by atoms with E-state index in [1.807, 2.05) is 13.8 Å². The largest absolute Gasteiger partial charge is 0.289 e. The highest BCUT2D eigenvalue weighted by molar-refractivity contribution is 7.89. The van der Waals surface area contributed by atoms with Crippen LogP contribution in [-0.4, -0.2) is 30.7 Å². The maximum absolute atomic E-state index is 12.6. The monoisotopic (exact) mass is 296 g/mol. The standard InChI is InChI=1S/C13H16N2O4S/c1-10-7-8-14(9-11(10)2)20(18,19)13-6-4-3-5-12(13)15(16)17/h3-6H,7-9H2,1-2H3. The number of rotatable bonds is 3. The number of hydrogen-bond donors (Lipinski definition) is 0. The number of benzene rings is 1. The Bertz CT molecular complexity index is 679. The summed E-state index contributed by atoms with van der Waals surface area (Å²) in [7, 11) is -3.84. The van der Waals surface area contributed by atoms with Crippen LogP contribution in [0.2, 0.25) is 0 Å². The molecule has 0 atom stereocenters. The maximum Gasteiger partial charge on any atom is 0.289 e. The van der Waals surface area contributed by atoms with E-state index in [9.17, 15) is 18.5 Å². The number of para-hydroxylation sites is 1. The Balaban J connectivity index is 2.45. The van der Waals surface area contributed by atoms with E-state index in [-0.39, 0.29) is 10.6 Å². The summed E-state index contributed by atoms with van der Waals surface area (Å²) in [6.45, 7) is 4.51. The van der Waals surface area contributed by atoms with Crippen LogP contribution in [0.4, 0.5) is 5.69 Å². The van der Waals surface area contributed by atoms with Gasteiger partial charge in [-0.2, -0.15) is 4.31 Å². The van der Waals surface area contributed by atoms with Gasteiger partial charge < -0.3 is 0 Å². The molecule has 0 bridgehead atoms. The van der Waals surface area contributed by atoms with Gasteiger partial charge in [0.1, 0.15) is 0 Å². The maximum atomic E-state index is 12.6. The van der Waals surface area contributed by atoms with Crippen LogP contribution in [0.1, 0.15) is 20.3 Å². The summed E-state index contributed by atoms with van der Waals surface area (Å²) in [4.78, 5) is 10.1. The van der Waals surface area contributed by atoms with E-state index in [0.717, 1.165) is 5.57 Å². The first-order valence-corrected chi connectivity index (χ1v) is 7.67. The van der Waals surface area contributed by atoms with Gasteiger partial charge in [-0.25, -0.2) is 8.42 Å². The second-order valence-corrected chi connectivity index (χ2v) is 6.78. The van der Waals surface area contributed by atoms with Crippen molar-refractivity contribution in [2.45, 2.75) is 25.2 Å². The minimum atomic E-state index is -3.84. The Kier molecular flexibility index (Phi) is 3.92.